The number of pyridine rings is 2. The Morgan fingerprint density at radius 3 is 3.00 bits per heavy atom. The van der Waals surface area contributed by atoms with Gasteiger partial charge in [0.25, 0.3) is 0 Å². The lowest BCUT2D eigenvalue weighted by atomic mass is 10.2. The van der Waals surface area contributed by atoms with Gasteiger partial charge in [0.15, 0.2) is 0 Å². The summed E-state index contributed by atoms with van der Waals surface area (Å²) in [6.07, 6.45) is 2.74. The second kappa shape index (κ2) is 4.28. The van der Waals surface area contributed by atoms with E-state index in [1.807, 2.05) is 0 Å². The standard InChI is InChI=1S/C9H7ClN4O2/c10-5-13-9-7(14(15)16)4-12-6-2-1-3-11-8(6)9/h1-4H,5H2,(H,12,13). The summed E-state index contributed by atoms with van der Waals surface area (Å²) >= 11 is 5.53. The molecule has 0 saturated carbocycles. The maximum atomic E-state index is 10.8. The predicted molar refractivity (Wildman–Crippen MR) is 60.5 cm³/mol. The lowest BCUT2D eigenvalue weighted by Crippen LogP contribution is -2.02. The number of halogens is 1. The minimum absolute atomic E-state index is 0.0660. The molecule has 2 aromatic heterocycles. The number of rotatable bonds is 3. The fourth-order valence-electron chi connectivity index (χ4n) is 1.39. The first-order valence-corrected chi connectivity index (χ1v) is 4.95. The number of nitrogens with zero attached hydrogens (tertiary/aromatic N) is 3. The molecule has 0 unspecified atom stereocenters. The molecule has 0 aliphatic heterocycles. The van der Waals surface area contributed by atoms with Gasteiger partial charge in [-0.3, -0.25) is 15.1 Å². The van der Waals surface area contributed by atoms with Crippen molar-refractivity contribution in [3.8, 4) is 0 Å². The molecule has 16 heavy (non-hydrogen) atoms. The number of hydrogen-bond acceptors (Lipinski definition) is 5. The van der Waals surface area contributed by atoms with Crippen molar-refractivity contribution in [1.29, 1.82) is 0 Å². The van der Waals surface area contributed by atoms with Gasteiger partial charge in [0.2, 0.25) is 0 Å². The van der Waals surface area contributed by atoms with Crippen molar-refractivity contribution in [2.24, 2.45) is 0 Å². The van der Waals surface area contributed by atoms with Crippen LogP contribution in [-0.2, 0) is 0 Å². The largest absolute Gasteiger partial charge is 0.364 e. The maximum Gasteiger partial charge on any atom is 0.312 e. The van der Waals surface area contributed by atoms with Crippen LogP contribution in [0.1, 0.15) is 0 Å². The van der Waals surface area contributed by atoms with E-state index in [2.05, 4.69) is 15.3 Å². The monoisotopic (exact) mass is 238 g/mol. The van der Waals surface area contributed by atoms with E-state index < -0.39 is 4.92 Å². The summed E-state index contributed by atoms with van der Waals surface area (Å²) in [5.74, 6) is 0. The van der Waals surface area contributed by atoms with Crippen LogP contribution in [0.5, 0.6) is 0 Å². The molecule has 0 aromatic carbocycles. The van der Waals surface area contributed by atoms with E-state index in [0.29, 0.717) is 16.7 Å². The highest BCUT2D eigenvalue weighted by atomic mass is 35.5. The quantitative estimate of drug-likeness (QED) is 0.383. The van der Waals surface area contributed by atoms with Gasteiger partial charge in [0.05, 0.1) is 16.4 Å². The molecule has 2 aromatic rings. The molecule has 1 N–H and O–H groups in total. The molecule has 0 saturated heterocycles. The lowest BCUT2D eigenvalue weighted by Gasteiger charge is -2.05. The summed E-state index contributed by atoms with van der Waals surface area (Å²) in [5.41, 5.74) is 1.19. The lowest BCUT2D eigenvalue weighted by molar-refractivity contribution is -0.384. The van der Waals surface area contributed by atoms with E-state index in [-0.39, 0.29) is 11.7 Å². The molecule has 0 radical (unpaired) electrons. The van der Waals surface area contributed by atoms with Gasteiger partial charge in [-0.2, -0.15) is 0 Å². The molecule has 6 nitrogen and oxygen atoms in total. The normalized spacial score (nSPS) is 10.3. The van der Waals surface area contributed by atoms with Crippen molar-refractivity contribution in [2.45, 2.75) is 0 Å². The molecule has 0 aliphatic carbocycles. The fourth-order valence-corrected chi connectivity index (χ4v) is 1.52. The zero-order valence-corrected chi connectivity index (χ0v) is 8.81. The Kier molecular flexibility index (Phi) is 2.82. The first-order chi connectivity index (χ1) is 7.74. The Morgan fingerprint density at radius 2 is 2.31 bits per heavy atom. The topological polar surface area (TPSA) is 81.0 Å². The van der Waals surface area contributed by atoms with E-state index >= 15 is 0 Å². The molecule has 0 bridgehead atoms. The minimum Gasteiger partial charge on any atom is -0.364 e. The van der Waals surface area contributed by atoms with Crippen molar-refractivity contribution in [3.05, 3.63) is 34.6 Å². The van der Waals surface area contributed by atoms with Crippen molar-refractivity contribution in [3.63, 3.8) is 0 Å². The van der Waals surface area contributed by atoms with E-state index in [4.69, 9.17) is 11.6 Å². The van der Waals surface area contributed by atoms with Crippen LogP contribution >= 0.6 is 11.6 Å². The summed E-state index contributed by atoms with van der Waals surface area (Å²) in [6.45, 7) is 0. The summed E-state index contributed by atoms with van der Waals surface area (Å²) in [5, 5.41) is 13.5. The third-order valence-electron chi connectivity index (χ3n) is 2.05. The number of aromatic nitrogens is 2. The van der Waals surface area contributed by atoms with E-state index in [1.54, 1.807) is 18.3 Å². The predicted octanol–water partition coefficient (Wildman–Crippen LogP) is 2.15. The average Bonchev–Trinajstić information content (AvgIpc) is 2.29. The Morgan fingerprint density at radius 1 is 1.50 bits per heavy atom. The SMILES string of the molecule is O=[N+]([O-])c1cnc2cccnc2c1NCCl. The summed E-state index contributed by atoms with van der Waals surface area (Å²) < 4.78 is 0. The van der Waals surface area contributed by atoms with Crippen LogP contribution in [0, 0.1) is 10.1 Å². The third kappa shape index (κ3) is 1.74. The second-order valence-electron chi connectivity index (χ2n) is 2.96. The Bertz CT molecular complexity index is 546. The molecule has 0 aliphatic rings. The zero-order chi connectivity index (χ0) is 11.5. The smallest absolute Gasteiger partial charge is 0.312 e. The number of alkyl halides is 1. The average molecular weight is 239 g/mol. The molecule has 0 amide bonds. The van der Waals surface area contributed by atoms with Crippen LogP contribution < -0.4 is 5.32 Å². The zero-order valence-electron chi connectivity index (χ0n) is 8.05. The van der Waals surface area contributed by atoms with Crippen molar-refractivity contribution >= 4 is 34.0 Å². The van der Waals surface area contributed by atoms with Crippen LogP contribution in [0.15, 0.2) is 24.5 Å². The van der Waals surface area contributed by atoms with Gasteiger partial charge in [-0.1, -0.05) is 0 Å². The number of nitro groups is 1. The number of anilines is 1. The van der Waals surface area contributed by atoms with Gasteiger partial charge in [0.1, 0.15) is 17.4 Å². The first kappa shape index (κ1) is 10.6. The van der Waals surface area contributed by atoms with E-state index in [0.717, 1.165) is 0 Å². The summed E-state index contributed by atoms with van der Waals surface area (Å²) in [7, 11) is 0. The molecule has 82 valence electrons. The van der Waals surface area contributed by atoms with Crippen LogP contribution in [-0.4, -0.2) is 20.9 Å². The molecule has 0 atom stereocenters. The van der Waals surface area contributed by atoms with Gasteiger partial charge in [0, 0.05) is 6.20 Å². The Labute approximate surface area is 95.4 Å². The van der Waals surface area contributed by atoms with Crippen LogP contribution in [0.25, 0.3) is 11.0 Å². The van der Waals surface area contributed by atoms with Crippen LogP contribution in [0.4, 0.5) is 11.4 Å². The van der Waals surface area contributed by atoms with Gasteiger partial charge in [-0.05, 0) is 12.1 Å². The molecule has 2 rings (SSSR count). The first-order valence-electron chi connectivity index (χ1n) is 4.42. The third-order valence-corrected chi connectivity index (χ3v) is 2.18. The fraction of sp³-hybridized carbons (Fsp3) is 0.111. The molecule has 2 heterocycles. The molecular formula is C9H7ClN4O2. The van der Waals surface area contributed by atoms with Crippen molar-refractivity contribution in [2.75, 3.05) is 11.3 Å². The van der Waals surface area contributed by atoms with Crippen molar-refractivity contribution in [1.82, 2.24) is 9.97 Å². The number of hydrogen-bond donors (Lipinski definition) is 1. The molecule has 7 heteroatoms. The highest BCUT2D eigenvalue weighted by Gasteiger charge is 2.18. The second-order valence-corrected chi connectivity index (χ2v) is 3.22. The highest BCUT2D eigenvalue weighted by molar-refractivity contribution is 6.19. The summed E-state index contributed by atoms with van der Waals surface area (Å²) in [6, 6.07) is 3.51. The van der Waals surface area contributed by atoms with Crippen LogP contribution in [0.3, 0.4) is 0 Å². The number of nitrogens with one attached hydrogen (secondary N) is 1. The molecule has 0 fully saturated rings. The number of fused-ring (bicyclic) bond motifs is 1. The van der Waals surface area contributed by atoms with Crippen LogP contribution in [0.2, 0.25) is 0 Å². The van der Waals surface area contributed by atoms with Gasteiger partial charge < -0.3 is 5.32 Å². The minimum atomic E-state index is -0.518. The van der Waals surface area contributed by atoms with Gasteiger partial charge in [-0.15, -0.1) is 11.6 Å². The highest BCUT2D eigenvalue weighted by Crippen LogP contribution is 2.29. The maximum absolute atomic E-state index is 10.8. The van der Waals surface area contributed by atoms with E-state index in [9.17, 15) is 10.1 Å². The molecular weight excluding hydrogens is 232 g/mol. The van der Waals surface area contributed by atoms with E-state index in [1.165, 1.54) is 6.20 Å². The van der Waals surface area contributed by atoms with Crippen molar-refractivity contribution < 1.29 is 4.92 Å². The Hall–Kier alpha value is -1.95. The van der Waals surface area contributed by atoms with Gasteiger partial charge in [-0.25, -0.2) is 4.98 Å². The Balaban J connectivity index is 2.73. The van der Waals surface area contributed by atoms with Gasteiger partial charge >= 0.3 is 5.69 Å². The molecule has 0 spiro atoms. The summed E-state index contributed by atoms with van der Waals surface area (Å²) in [4.78, 5) is 18.3.